The lowest BCUT2D eigenvalue weighted by Gasteiger charge is -2.28. The van der Waals surface area contributed by atoms with Crippen molar-refractivity contribution < 1.29 is 4.79 Å². The van der Waals surface area contributed by atoms with Gasteiger partial charge in [0.05, 0.1) is 5.54 Å². The summed E-state index contributed by atoms with van der Waals surface area (Å²) >= 11 is 0. The van der Waals surface area contributed by atoms with Crippen molar-refractivity contribution in [2.45, 2.75) is 50.5 Å². The molecular weight excluding hydrogens is 264 g/mol. The van der Waals surface area contributed by atoms with Gasteiger partial charge in [-0.1, -0.05) is 12.8 Å². The summed E-state index contributed by atoms with van der Waals surface area (Å²) in [6, 6.07) is 0. The second-order valence-electron chi connectivity index (χ2n) is 5.53. The first-order valence-electron chi connectivity index (χ1n) is 6.83. The van der Waals surface area contributed by atoms with Gasteiger partial charge in [0, 0.05) is 17.8 Å². The lowest BCUT2D eigenvalue weighted by atomic mass is 9.97. The number of nitrogens with two attached hydrogens (primary N) is 1. The molecule has 1 amide bonds. The van der Waals surface area contributed by atoms with Crippen molar-refractivity contribution in [1.82, 2.24) is 15.5 Å². The zero-order valence-corrected chi connectivity index (χ0v) is 11.8. The van der Waals surface area contributed by atoms with Crippen LogP contribution in [-0.2, 0) is 12.8 Å². The largest absolute Gasteiger partial charge is 0.344 e. The van der Waals surface area contributed by atoms with Gasteiger partial charge in [-0.05, 0) is 32.1 Å². The van der Waals surface area contributed by atoms with E-state index >= 15 is 0 Å². The number of halogens is 1. The van der Waals surface area contributed by atoms with Crippen molar-refractivity contribution in [1.29, 1.82) is 0 Å². The number of H-pyrrole nitrogens is 1. The lowest BCUT2D eigenvalue weighted by molar-refractivity contribution is 0.0897. The maximum Gasteiger partial charge on any atom is 0.272 e. The molecule has 106 valence electrons. The van der Waals surface area contributed by atoms with E-state index in [0.717, 1.165) is 56.2 Å². The van der Waals surface area contributed by atoms with Gasteiger partial charge in [-0.25, -0.2) is 0 Å². The first-order chi connectivity index (χ1) is 8.74. The number of carbonyl (C=O) groups excluding carboxylic acids is 1. The number of aromatic nitrogens is 2. The molecule has 1 heterocycles. The minimum Gasteiger partial charge on any atom is -0.344 e. The molecule has 0 unspecified atom stereocenters. The third-order valence-corrected chi connectivity index (χ3v) is 4.35. The molecule has 3 rings (SSSR count). The Kier molecular flexibility index (Phi) is 4.16. The summed E-state index contributed by atoms with van der Waals surface area (Å²) < 4.78 is 0. The number of carbonyl (C=O) groups is 1. The van der Waals surface area contributed by atoms with E-state index in [1.54, 1.807) is 0 Å². The van der Waals surface area contributed by atoms with Crippen molar-refractivity contribution >= 4 is 18.3 Å². The molecule has 1 aromatic rings. The summed E-state index contributed by atoms with van der Waals surface area (Å²) in [7, 11) is 0. The maximum absolute atomic E-state index is 12.3. The summed E-state index contributed by atoms with van der Waals surface area (Å²) in [5.41, 5.74) is 8.47. The number of aromatic amines is 1. The average Bonchev–Trinajstić information content (AvgIpc) is 3.04. The normalized spacial score (nSPS) is 19.8. The van der Waals surface area contributed by atoms with Gasteiger partial charge in [0.2, 0.25) is 0 Å². The molecule has 2 aliphatic carbocycles. The Hall–Kier alpha value is -1.07. The predicted molar refractivity (Wildman–Crippen MR) is 75.6 cm³/mol. The molecule has 0 aromatic carbocycles. The fourth-order valence-electron chi connectivity index (χ4n) is 3.24. The first-order valence-corrected chi connectivity index (χ1v) is 6.83. The van der Waals surface area contributed by atoms with Crippen LogP contribution in [0.15, 0.2) is 0 Å². The SMILES string of the molecule is Cl.NCC1(NC(=O)c2n[nH]c3c2CCC3)CCCC1. The van der Waals surface area contributed by atoms with E-state index in [-0.39, 0.29) is 23.9 Å². The minimum atomic E-state index is -0.193. The molecule has 19 heavy (non-hydrogen) atoms. The second-order valence-corrected chi connectivity index (χ2v) is 5.53. The highest BCUT2D eigenvalue weighted by molar-refractivity contribution is 5.94. The summed E-state index contributed by atoms with van der Waals surface area (Å²) in [6.07, 6.45) is 7.36. The topological polar surface area (TPSA) is 83.8 Å². The number of rotatable bonds is 3. The fraction of sp³-hybridized carbons (Fsp3) is 0.692. The Morgan fingerprint density at radius 2 is 2.05 bits per heavy atom. The van der Waals surface area contributed by atoms with Crippen LogP contribution < -0.4 is 11.1 Å². The van der Waals surface area contributed by atoms with Crippen molar-refractivity contribution in [3.63, 3.8) is 0 Å². The Morgan fingerprint density at radius 1 is 1.32 bits per heavy atom. The molecule has 0 spiro atoms. The second kappa shape index (κ2) is 5.51. The van der Waals surface area contributed by atoms with Crippen LogP contribution >= 0.6 is 12.4 Å². The fourth-order valence-corrected chi connectivity index (χ4v) is 3.24. The smallest absolute Gasteiger partial charge is 0.272 e. The molecule has 0 atom stereocenters. The lowest BCUT2D eigenvalue weighted by Crippen LogP contribution is -2.51. The highest BCUT2D eigenvalue weighted by Crippen LogP contribution is 2.29. The molecule has 1 saturated carbocycles. The van der Waals surface area contributed by atoms with Gasteiger partial charge in [0.1, 0.15) is 0 Å². The van der Waals surface area contributed by atoms with E-state index < -0.39 is 0 Å². The molecule has 0 bridgehead atoms. The van der Waals surface area contributed by atoms with Gasteiger partial charge in [-0.15, -0.1) is 12.4 Å². The monoisotopic (exact) mass is 284 g/mol. The van der Waals surface area contributed by atoms with Gasteiger partial charge in [-0.3, -0.25) is 9.89 Å². The quantitative estimate of drug-likeness (QED) is 0.783. The van der Waals surface area contributed by atoms with Gasteiger partial charge in [0.25, 0.3) is 5.91 Å². The Balaban J connectivity index is 0.00000133. The van der Waals surface area contributed by atoms with Crippen molar-refractivity contribution in [3.05, 3.63) is 17.0 Å². The number of fused-ring (bicyclic) bond motifs is 1. The van der Waals surface area contributed by atoms with E-state index in [1.165, 1.54) is 0 Å². The molecule has 0 aliphatic heterocycles. The zero-order chi connectivity index (χ0) is 12.6. The highest BCUT2D eigenvalue weighted by atomic mass is 35.5. The van der Waals surface area contributed by atoms with Crippen LogP contribution in [0.25, 0.3) is 0 Å². The molecule has 2 aliphatic rings. The van der Waals surface area contributed by atoms with E-state index in [9.17, 15) is 4.79 Å². The van der Waals surface area contributed by atoms with Gasteiger partial charge >= 0.3 is 0 Å². The number of hydrogen-bond acceptors (Lipinski definition) is 3. The van der Waals surface area contributed by atoms with E-state index in [1.807, 2.05) is 0 Å². The van der Waals surface area contributed by atoms with Crippen LogP contribution in [-0.4, -0.2) is 28.2 Å². The summed E-state index contributed by atoms with van der Waals surface area (Å²) in [5.74, 6) is -0.0539. The molecular formula is C13H21ClN4O. The van der Waals surface area contributed by atoms with Crippen molar-refractivity contribution in [2.75, 3.05) is 6.54 Å². The van der Waals surface area contributed by atoms with Crippen molar-refractivity contribution in [3.8, 4) is 0 Å². The Bertz CT molecular complexity index is 465. The average molecular weight is 285 g/mol. The number of aryl methyl sites for hydroxylation is 1. The highest BCUT2D eigenvalue weighted by Gasteiger charge is 2.35. The standard InChI is InChI=1S/C13H20N4O.ClH/c14-8-13(6-1-2-7-13)15-12(18)11-9-4-3-5-10(9)16-17-11;/h1-8,14H2,(H,15,18)(H,16,17);1H. The van der Waals surface area contributed by atoms with E-state index in [0.29, 0.717) is 12.2 Å². The molecule has 1 aromatic heterocycles. The maximum atomic E-state index is 12.3. The van der Waals surface area contributed by atoms with Crippen LogP contribution in [0.2, 0.25) is 0 Å². The number of amides is 1. The van der Waals surface area contributed by atoms with Gasteiger partial charge in [-0.2, -0.15) is 5.10 Å². The number of nitrogens with zero attached hydrogens (tertiary/aromatic N) is 1. The zero-order valence-electron chi connectivity index (χ0n) is 11.0. The third-order valence-electron chi connectivity index (χ3n) is 4.35. The number of nitrogens with one attached hydrogen (secondary N) is 2. The third kappa shape index (κ3) is 2.49. The summed E-state index contributed by atoms with van der Waals surface area (Å²) in [5, 5.41) is 10.3. The van der Waals surface area contributed by atoms with Crippen molar-refractivity contribution in [2.24, 2.45) is 5.73 Å². The summed E-state index contributed by atoms with van der Waals surface area (Å²) in [4.78, 5) is 12.3. The molecule has 6 heteroatoms. The molecule has 5 nitrogen and oxygen atoms in total. The van der Waals surface area contributed by atoms with Crippen LogP contribution in [0.5, 0.6) is 0 Å². The Labute approximate surface area is 119 Å². The Morgan fingerprint density at radius 3 is 2.74 bits per heavy atom. The van der Waals surface area contributed by atoms with E-state index in [2.05, 4.69) is 15.5 Å². The van der Waals surface area contributed by atoms with Gasteiger partial charge < -0.3 is 11.1 Å². The molecule has 4 N–H and O–H groups in total. The van der Waals surface area contributed by atoms with E-state index in [4.69, 9.17) is 5.73 Å². The predicted octanol–water partition coefficient (Wildman–Crippen LogP) is 1.32. The molecule has 0 saturated heterocycles. The number of hydrogen-bond donors (Lipinski definition) is 3. The van der Waals surface area contributed by atoms with Crippen LogP contribution in [0.3, 0.4) is 0 Å². The van der Waals surface area contributed by atoms with Crippen LogP contribution in [0.1, 0.15) is 53.8 Å². The summed E-state index contributed by atoms with van der Waals surface area (Å²) in [6.45, 7) is 0.519. The first kappa shape index (κ1) is 14.3. The minimum absolute atomic E-state index is 0. The molecule has 0 radical (unpaired) electrons. The van der Waals surface area contributed by atoms with Gasteiger partial charge in [0.15, 0.2) is 5.69 Å². The van der Waals surface area contributed by atoms with Crippen LogP contribution in [0, 0.1) is 0 Å². The molecule has 1 fully saturated rings. The van der Waals surface area contributed by atoms with Crippen LogP contribution in [0.4, 0.5) is 0 Å².